The first-order chi connectivity index (χ1) is 12.3. The van der Waals surface area contributed by atoms with Gasteiger partial charge in [0, 0.05) is 6.20 Å². The number of nitrogen functional groups attached to an aromatic ring is 1. The molecule has 0 aliphatic heterocycles. The Bertz CT molecular complexity index is 924. The third-order valence-electron chi connectivity index (χ3n) is 4.59. The van der Waals surface area contributed by atoms with Crippen LogP contribution in [0.15, 0.2) is 42.6 Å². The maximum atomic E-state index is 7.24. The van der Waals surface area contributed by atoms with E-state index in [1.807, 2.05) is 41.1 Å². The molecule has 0 bridgehead atoms. The van der Waals surface area contributed by atoms with Gasteiger partial charge in [-0.2, -0.15) is 5.10 Å². The number of ether oxygens (including phenoxy) is 1. The second kappa shape index (κ2) is 6.44. The largest absolute Gasteiger partial charge is 0.472 e. The predicted octanol–water partition coefficient (Wildman–Crippen LogP) is 3.46. The van der Waals surface area contributed by atoms with Crippen LogP contribution in [0.1, 0.15) is 24.4 Å². The molecule has 0 spiro atoms. The number of pyridine rings is 1. The van der Waals surface area contributed by atoms with E-state index in [1.54, 1.807) is 6.20 Å². The van der Waals surface area contributed by atoms with Crippen molar-refractivity contribution in [1.29, 1.82) is 0 Å². The zero-order chi connectivity index (χ0) is 17.2. The Morgan fingerprint density at radius 2 is 2.08 bits per heavy atom. The third kappa shape index (κ3) is 3.01. The summed E-state index contributed by atoms with van der Waals surface area (Å²) in [6, 6.07) is 11.9. The van der Waals surface area contributed by atoms with Crippen LogP contribution in [-0.4, -0.2) is 21.3 Å². The fraction of sp³-hybridized carbons (Fsp3) is 0.316. The number of hydrogen-bond donors (Lipinski definition) is 1. The minimum absolute atomic E-state index is 0.0710. The van der Waals surface area contributed by atoms with Crippen LogP contribution < -0.4 is 10.5 Å². The molecule has 6 heteroatoms. The molecule has 2 N–H and O–H groups in total. The molecule has 0 saturated heterocycles. The Balaban J connectivity index is 1.68. The first-order valence-corrected chi connectivity index (χ1v) is 8.40. The van der Waals surface area contributed by atoms with Crippen LogP contribution in [0.25, 0.3) is 15.7 Å². The molecule has 1 aliphatic carbocycles. The number of nitrogens with two attached hydrogens (primary N) is 1. The van der Waals surface area contributed by atoms with E-state index in [1.165, 1.54) is 0 Å². The molecule has 2 heterocycles. The number of benzene rings is 1. The average molecular weight is 333 g/mol. The molecule has 1 aromatic carbocycles. The number of aromatic nitrogens is 3. The predicted molar refractivity (Wildman–Crippen MR) is 95.9 cm³/mol. The molecule has 3 aromatic rings. The summed E-state index contributed by atoms with van der Waals surface area (Å²) in [5.41, 5.74) is 8.12. The van der Waals surface area contributed by atoms with Crippen LogP contribution in [0, 0.1) is 12.5 Å². The van der Waals surface area contributed by atoms with Gasteiger partial charge in [-0.3, -0.25) is 4.68 Å². The Labute approximate surface area is 146 Å². The first kappa shape index (κ1) is 15.5. The lowest BCUT2D eigenvalue weighted by molar-refractivity contribution is 0.298. The maximum Gasteiger partial charge on any atom is 0.237 e. The average Bonchev–Trinajstić information content (AvgIpc) is 3.43. The van der Waals surface area contributed by atoms with Gasteiger partial charge in [-0.25, -0.2) is 11.6 Å². The van der Waals surface area contributed by atoms with Gasteiger partial charge in [-0.05, 0) is 30.4 Å². The van der Waals surface area contributed by atoms with Gasteiger partial charge in [0.25, 0.3) is 0 Å². The van der Waals surface area contributed by atoms with E-state index in [0.717, 1.165) is 29.3 Å². The van der Waals surface area contributed by atoms with Crippen molar-refractivity contribution < 1.29 is 4.74 Å². The lowest BCUT2D eigenvalue weighted by atomic mass is 10.2. The SMILES string of the molecule is [C-]#[N+]C[C@H](C1CC1)n1nc(N)c2c(OCc3ccccc3)nccc21. The molecule has 126 valence electrons. The number of anilines is 1. The summed E-state index contributed by atoms with van der Waals surface area (Å²) in [7, 11) is 0. The van der Waals surface area contributed by atoms with Gasteiger partial charge in [-0.1, -0.05) is 30.3 Å². The molecular formula is C19H19N5O. The second-order valence-corrected chi connectivity index (χ2v) is 6.36. The molecule has 0 unspecified atom stereocenters. The normalized spacial score (nSPS) is 15.0. The summed E-state index contributed by atoms with van der Waals surface area (Å²) in [6.45, 7) is 8.08. The first-order valence-electron chi connectivity index (χ1n) is 8.40. The number of rotatable bonds is 6. The zero-order valence-corrected chi connectivity index (χ0v) is 13.8. The Morgan fingerprint density at radius 1 is 1.28 bits per heavy atom. The van der Waals surface area contributed by atoms with Crippen molar-refractivity contribution in [3.05, 3.63) is 59.6 Å². The fourth-order valence-electron chi connectivity index (χ4n) is 3.17. The Morgan fingerprint density at radius 3 is 2.80 bits per heavy atom. The minimum atomic E-state index is 0.0710. The van der Waals surface area contributed by atoms with Crippen molar-refractivity contribution in [1.82, 2.24) is 14.8 Å². The second-order valence-electron chi connectivity index (χ2n) is 6.36. The summed E-state index contributed by atoms with van der Waals surface area (Å²) in [4.78, 5) is 7.94. The van der Waals surface area contributed by atoms with Crippen LogP contribution in [-0.2, 0) is 6.61 Å². The van der Waals surface area contributed by atoms with Crippen molar-refractivity contribution in [3.8, 4) is 5.88 Å². The smallest absolute Gasteiger partial charge is 0.237 e. The van der Waals surface area contributed by atoms with E-state index in [-0.39, 0.29) is 6.04 Å². The molecule has 0 amide bonds. The van der Waals surface area contributed by atoms with E-state index >= 15 is 0 Å². The number of nitrogens with zero attached hydrogens (tertiary/aromatic N) is 4. The number of hydrogen-bond acceptors (Lipinski definition) is 4. The quantitative estimate of drug-likeness (QED) is 0.701. The van der Waals surface area contributed by atoms with Crippen LogP contribution in [0.3, 0.4) is 0 Å². The van der Waals surface area contributed by atoms with Crippen LogP contribution >= 0.6 is 0 Å². The van der Waals surface area contributed by atoms with Crippen molar-refractivity contribution >= 4 is 16.7 Å². The molecular weight excluding hydrogens is 314 g/mol. The number of fused-ring (bicyclic) bond motifs is 1. The molecule has 1 fully saturated rings. The monoisotopic (exact) mass is 333 g/mol. The summed E-state index contributed by atoms with van der Waals surface area (Å²) in [5.74, 6) is 1.41. The topological polar surface area (TPSA) is 70.3 Å². The lowest BCUT2D eigenvalue weighted by Crippen LogP contribution is -2.15. The Kier molecular flexibility index (Phi) is 3.98. The van der Waals surface area contributed by atoms with E-state index in [2.05, 4.69) is 14.9 Å². The van der Waals surface area contributed by atoms with Gasteiger partial charge < -0.3 is 15.3 Å². The van der Waals surface area contributed by atoms with E-state index in [0.29, 0.717) is 30.8 Å². The highest BCUT2D eigenvalue weighted by Crippen LogP contribution is 2.42. The van der Waals surface area contributed by atoms with Crippen molar-refractivity contribution in [3.63, 3.8) is 0 Å². The van der Waals surface area contributed by atoms with Crippen LogP contribution in [0.5, 0.6) is 5.88 Å². The molecule has 1 aliphatic rings. The highest BCUT2D eigenvalue weighted by Gasteiger charge is 2.36. The molecule has 0 radical (unpaired) electrons. The highest BCUT2D eigenvalue weighted by atomic mass is 16.5. The Hall–Kier alpha value is -3.07. The molecule has 4 rings (SSSR count). The zero-order valence-electron chi connectivity index (χ0n) is 13.8. The molecule has 1 atom stereocenters. The van der Waals surface area contributed by atoms with Gasteiger partial charge in [0.2, 0.25) is 12.4 Å². The van der Waals surface area contributed by atoms with Crippen LogP contribution in [0.2, 0.25) is 0 Å². The van der Waals surface area contributed by atoms with E-state index in [4.69, 9.17) is 17.0 Å². The van der Waals surface area contributed by atoms with Gasteiger partial charge in [0.15, 0.2) is 5.82 Å². The minimum Gasteiger partial charge on any atom is -0.472 e. The summed E-state index contributed by atoms with van der Waals surface area (Å²) in [6.07, 6.45) is 4.00. The molecule has 25 heavy (non-hydrogen) atoms. The fourth-order valence-corrected chi connectivity index (χ4v) is 3.17. The van der Waals surface area contributed by atoms with Gasteiger partial charge >= 0.3 is 0 Å². The van der Waals surface area contributed by atoms with Gasteiger partial charge in [-0.15, -0.1) is 0 Å². The van der Waals surface area contributed by atoms with Crippen LogP contribution in [0.4, 0.5) is 5.82 Å². The van der Waals surface area contributed by atoms with E-state index < -0.39 is 0 Å². The van der Waals surface area contributed by atoms with Crippen molar-refractivity contribution in [2.45, 2.75) is 25.5 Å². The van der Waals surface area contributed by atoms with Crippen molar-refractivity contribution in [2.75, 3.05) is 12.3 Å². The van der Waals surface area contributed by atoms with Crippen molar-refractivity contribution in [2.24, 2.45) is 5.92 Å². The summed E-state index contributed by atoms with van der Waals surface area (Å²) < 4.78 is 7.81. The molecule has 1 saturated carbocycles. The summed E-state index contributed by atoms with van der Waals surface area (Å²) >= 11 is 0. The van der Waals surface area contributed by atoms with Gasteiger partial charge in [0.1, 0.15) is 18.0 Å². The third-order valence-corrected chi connectivity index (χ3v) is 4.59. The lowest BCUT2D eigenvalue weighted by Gasteiger charge is -2.12. The summed E-state index contributed by atoms with van der Waals surface area (Å²) in [5, 5.41) is 5.25. The van der Waals surface area contributed by atoms with Gasteiger partial charge in [0.05, 0.1) is 5.52 Å². The molecule has 2 aromatic heterocycles. The maximum absolute atomic E-state index is 7.24. The standard InChI is InChI=1S/C19H19N5O/c1-21-11-16(14-7-8-14)24-15-9-10-22-19(17(15)18(20)23-24)25-12-13-5-3-2-4-6-13/h2-6,9-10,14,16H,7-8,11-12H2,(H2,20,23)/t16-/m1/s1. The van der Waals surface area contributed by atoms with E-state index in [9.17, 15) is 0 Å². The molecule has 6 nitrogen and oxygen atoms in total. The highest BCUT2D eigenvalue weighted by molar-refractivity contribution is 5.93.